The average molecular weight is 336 g/mol. The monoisotopic (exact) mass is 336 g/mol. The minimum absolute atomic E-state index is 0.310. The molecule has 3 fully saturated rings. The molecule has 0 saturated carbocycles. The average Bonchev–Trinajstić information content (AvgIpc) is 3.01. The highest BCUT2D eigenvalue weighted by Gasteiger charge is 2.59. The van der Waals surface area contributed by atoms with E-state index in [1.54, 1.807) is 6.92 Å². The second-order valence-electron chi connectivity index (χ2n) is 6.59. The molecule has 0 N–H and O–H groups in total. The second-order valence-corrected chi connectivity index (χ2v) is 7.97. The molecule has 0 unspecified atom stereocenters. The van der Waals surface area contributed by atoms with Gasteiger partial charge in [-0.2, -0.15) is 0 Å². The number of rotatable bonds is 4. The minimum atomic E-state index is -1.40. The maximum Gasteiger partial charge on any atom is 0.190 e. The van der Waals surface area contributed by atoms with E-state index in [0.29, 0.717) is 12.4 Å². The molecule has 3 saturated heterocycles. The van der Waals surface area contributed by atoms with Crippen LogP contribution in [-0.2, 0) is 38.9 Å². The molecule has 0 aromatic heterocycles. The van der Waals surface area contributed by atoms with Crippen molar-refractivity contribution in [2.45, 2.75) is 76.9 Å². The van der Waals surface area contributed by atoms with Crippen LogP contribution in [-0.4, -0.2) is 58.8 Å². The number of hydrogen-bond donors (Lipinski definition) is 0. The van der Waals surface area contributed by atoms with Crippen LogP contribution >= 0.6 is 0 Å². The summed E-state index contributed by atoms with van der Waals surface area (Å²) in [4.78, 5) is 0. The molecule has 0 aromatic carbocycles. The van der Waals surface area contributed by atoms with Crippen LogP contribution in [0.15, 0.2) is 0 Å². The Morgan fingerprint density at radius 2 is 1.82 bits per heavy atom. The zero-order valence-electron chi connectivity index (χ0n) is 13.6. The van der Waals surface area contributed by atoms with E-state index in [1.165, 1.54) is 0 Å². The zero-order valence-corrected chi connectivity index (χ0v) is 14.4. The molecule has 8 heteroatoms. The van der Waals surface area contributed by atoms with Gasteiger partial charge in [-0.15, -0.1) is 0 Å². The van der Waals surface area contributed by atoms with Crippen LogP contribution in [0.4, 0.5) is 0 Å². The molecule has 3 aliphatic heterocycles. The van der Waals surface area contributed by atoms with Gasteiger partial charge in [-0.1, -0.05) is 6.92 Å². The van der Waals surface area contributed by atoms with Gasteiger partial charge in [-0.05, 0) is 27.7 Å². The Morgan fingerprint density at radius 1 is 1.09 bits per heavy atom. The lowest BCUT2D eigenvalue weighted by atomic mass is 10.1. The first-order valence-corrected chi connectivity index (χ1v) is 8.83. The summed E-state index contributed by atoms with van der Waals surface area (Å²) >= 11 is -1.40. The maximum atomic E-state index is 11.9. The molecule has 22 heavy (non-hydrogen) atoms. The lowest BCUT2D eigenvalue weighted by Gasteiger charge is -2.28. The Bertz CT molecular complexity index is 452. The summed E-state index contributed by atoms with van der Waals surface area (Å²) in [7, 11) is 0. The van der Waals surface area contributed by atoms with Crippen molar-refractivity contribution in [2.24, 2.45) is 0 Å². The second kappa shape index (κ2) is 5.77. The first kappa shape index (κ1) is 16.8. The Morgan fingerprint density at radius 3 is 2.41 bits per heavy atom. The van der Waals surface area contributed by atoms with Gasteiger partial charge < -0.3 is 23.7 Å². The highest BCUT2D eigenvalue weighted by atomic mass is 32.2. The quantitative estimate of drug-likeness (QED) is 0.761. The number of fused-ring (bicyclic) bond motifs is 1. The van der Waals surface area contributed by atoms with Gasteiger partial charge in [0.1, 0.15) is 24.4 Å². The molecular formula is C14H24O7S. The van der Waals surface area contributed by atoms with Crippen LogP contribution in [0.5, 0.6) is 0 Å². The molecule has 3 aliphatic rings. The first-order chi connectivity index (χ1) is 10.2. The van der Waals surface area contributed by atoms with Crippen LogP contribution in [0.1, 0.15) is 34.6 Å². The highest BCUT2D eigenvalue weighted by Crippen LogP contribution is 2.42. The van der Waals surface area contributed by atoms with Gasteiger partial charge in [-0.25, -0.2) is 4.21 Å². The van der Waals surface area contributed by atoms with Crippen molar-refractivity contribution in [3.05, 3.63) is 0 Å². The van der Waals surface area contributed by atoms with Crippen LogP contribution in [0.3, 0.4) is 0 Å². The molecule has 6 atom stereocenters. The molecule has 0 aromatic rings. The molecule has 0 radical (unpaired) electrons. The van der Waals surface area contributed by atoms with Crippen molar-refractivity contribution < 1.29 is 32.1 Å². The van der Waals surface area contributed by atoms with E-state index >= 15 is 0 Å². The molecule has 0 aliphatic carbocycles. The third-order valence-corrected chi connectivity index (χ3v) is 4.79. The maximum absolute atomic E-state index is 11.9. The van der Waals surface area contributed by atoms with Gasteiger partial charge in [0.2, 0.25) is 0 Å². The lowest BCUT2D eigenvalue weighted by Crippen LogP contribution is -2.44. The smallest absolute Gasteiger partial charge is 0.190 e. The van der Waals surface area contributed by atoms with Crippen LogP contribution in [0, 0.1) is 0 Å². The van der Waals surface area contributed by atoms with Gasteiger partial charge in [0.05, 0.1) is 6.61 Å². The number of hydrogen-bond acceptors (Lipinski definition) is 7. The van der Waals surface area contributed by atoms with E-state index in [9.17, 15) is 4.21 Å². The Labute approximate surface area is 133 Å². The largest absolute Gasteiger partial charge is 0.348 e. The Hall–Kier alpha value is -0.0900. The summed E-state index contributed by atoms with van der Waals surface area (Å²) in [6.45, 7) is 9.51. The molecular weight excluding hydrogens is 312 g/mol. The predicted molar refractivity (Wildman–Crippen MR) is 77.2 cm³/mol. The van der Waals surface area contributed by atoms with E-state index in [1.807, 2.05) is 27.7 Å². The van der Waals surface area contributed by atoms with Crippen LogP contribution in [0.25, 0.3) is 0 Å². The molecule has 0 amide bonds. The summed E-state index contributed by atoms with van der Waals surface area (Å²) in [6, 6.07) is 0. The zero-order chi connectivity index (χ0) is 16.1. The fourth-order valence-electron chi connectivity index (χ4n) is 2.98. The molecule has 0 bridgehead atoms. The SMILES string of the molecule is CC[S@](=O)O[C@@H]1[C@H]2OC(C)(C)O[C@H]2O[C@@H]1[C@H]1COC(C)(C)O1. The van der Waals surface area contributed by atoms with Gasteiger partial charge in [0.25, 0.3) is 0 Å². The van der Waals surface area contributed by atoms with Crippen molar-refractivity contribution in [1.82, 2.24) is 0 Å². The summed E-state index contributed by atoms with van der Waals surface area (Å²) < 4.78 is 46.5. The van der Waals surface area contributed by atoms with Gasteiger partial charge in [0, 0.05) is 5.75 Å². The van der Waals surface area contributed by atoms with Crippen molar-refractivity contribution in [3.63, 3.8) is 0 Å². The predicted octanol–water partition coefficient (Wildman–Crippen LogP) is 1.08. The van der Waals surface area contributed by atoms with E-state index in [0.717, 1.165) is 0 Å². The Balaban J connectivity index is 1.76. The summed E-state index contributed by atoms with van der Waals surface area (Å²) in [5.74, 6) is -1.01. The molecule has 0 spiro atoms. The fourth-order valence-corrected chi connectivity index (χ4v) is 3.59. The van der Waals surface area contributed by atoms with Crippen molar-refractivity contribution in [2.75, 3.05) is 12.4 Å². The van der Waals surface area contributed by atoms with E-state index in [4.69, 9.17) is 27.9 Å². The standard InChI is InChI=1S/C14H24O7S/c1-6-22(15)21-10-9(8-7-16-13(2,3)18-8)17-12-11(10)19-14(4,5)20-12/h8-12H,6-7H2,1-5H3/t8-,9-,10+,11-,12-,22-/m1/s1. The van der Waals surface area contributed by atoms with Crippen molar-refractivity contribution in [1.29, 1.82) is 0 Å². The summed E-state index contributed by atoms with van der Waals surface area (Å²) in [6.07, 6.45) is -2.25. The van der Waals surface area contributed by atoms with Crippen molar-refractivity contribution >= 4 is 11.1 Å². The van der Waals surface area contributed by atoms with Gasteiger partial charge in [-0.3, -0.25) is 4.18 Å². The lowest BCUT2D eigenvalue weighted by molar-refractivity contribution is -0.230. The number of ether oxygens (including phenoxy) is 5. The third kappa shape index (κ3) is 3.24. The van der Waals surface area contributed by atoms with Gasteiger partial charge >= 0.3 is 0 Å². The fraction of sp³-hybridized carbons (Fsp3) is 1.00. The molecule has 7 nitrogen and oxygen atoms in total. The van der Waals surface area contributed by atoms with Gasteiger partial charge in [0.15, 0.2) is 28.9 Å². The third-order valence-electron chi connectivity index (χ3n) is 3.88. The molecule has 3 rings (SSSR count). The van der Waals surface area contributed by atoms with Crippen LogP contribution < -0.4 is 0 Å². The first-order valence-electron chi connectivity index (χ1n) is 7.59. The minimum Gasteiger partial charge on any atom is -0.348 e. The van der Waals surface area contributed by atoms with Crippen LogP contribution in [0.2, 0.25) is 0 Å². The highest BCUT2D eigenvalue weighted by molar-refractivity contribution is 7.80. The Kier molecular flexibility index (Phi) is 4.39. The summed E-state index contributed by atoms with van der Waals surface area (Å²) in [5, 5.41) is 0. The summed E-state index contributed by atoms with van der Waals surface area (Å²) in [5.41, 5.74) is 0. The molecule has 3 heterocycles. The topological polar surface area (TPSA) is 72.5 Å². The normalized spacial score (nSPS) is 44.1. The van der Waals surface area contributed by atoms with E-state index in [2.05, 4.69) is 0 Å². The van der Waals surface area contributed by atoms with E-state index < -0.39 is 47.3 Å². The molecule has 128 valence electrons. The van der Waals surface area contributed by atoms with E-state index in [-0.39, 0.29) is 6.10 Å². The van der Waals surface area contributed by atoms with Crippen molar-refractivity contribution in [3.8, 4) is 0 Å².